The monoisotopic (exact) mass is 519 g/mol. The summed E-state index contributed by atoms with van der Waals surface area (Å²) >= 11 is 3.33. The second-order valence-corrected chi connectivity index (χ2v) is 9.56. The van der Waals surface area contributed by atoms with Crippen LogP contribution in [0.2, 0.25) is 0 Å². The van der Waals surface area contributed by atoms with Crippen molar-refractivity contribution in [1.82, 2.24) is 5.43 Å². The highest BCUT2D eigenvalue weighted by Gasteiger charge is 2.29. The molecular formula is C22H22BrN3O5S. The van der Waals surface area contributed by atoms with E-state index in [1.165, 1.54) is 25.5 Å². The molecule has 0 fully saturated rings. The Kier molecular flexibility index (Phi) is 7.37. The topological polar surface area (TPSA) is 101 Å². The average molecular weight is 520 g/mol. The number of rotatable bonds is 8. The van der Waals surface area contributed by atoms with E-state index in [9.17, 15) is 13.2 Å². The first-order valence-corrected chi connectivity index (χ1v) is 11.8. The van der Waals surface area contributed by atoms with Gasteiger partial charge >= 0.3 is 0 Å². The van der Waals surface area contributed by atoms with E-state index in [1.54, 1.807) is 49.4 Å². The first kappa shape index (κ1) is 23.6. The van der Waals surface area contributed by atoms with E-state index in [4.69, 9.17) is 9.15 Å². The fraction of sp³-hybridized carbons (Fsp3) is 0.182. The molecular weight excluding hydrogens is 498 g/mol. The molecule has 0 spiro atoms. The van der Waals surface area contributed by atoms with Gasteiger partial charge in [-0.15, -0.1) is 0 Å². The Balaban J connectivity index is 1.88. The normalized spacial score (nSPS) is 11.5. The molecule has 0 saturated carbocycles. The van der Waals surface area contributed by atoms with E-state index in [0.29, 0.717) is 17.3 Å². The maximum absolute atomic E-state index is 13.4. The Morgan fingerprint density at radius 3 is 2.50 bits per heavy atom. The Morgan fingerprint density at radius 2 is 1.88 bits per heavy atom. The number of hydrogen-bond donors (Lipinski definition) is 1. The molecule has 3 rings (SSSR count). The summed E-state index contributed by atoms with van der Waals surface area (Å²) in [5.41, 5.74) is 3.49. The maximum atomic E-state index is 13.4. The summed E-state index contributed by atoms with van der Waals surface area (Å²) in [6.45, 7) is 3.13. The Labute approximate surface area is 195 Å². The molecule has 0 unspecified atom stereocenters. The summed E-state index contributed by atoms with van der Waals surface area (Å²) in [4.78, 5) is 12.7. The van der Waals surface area contributed by atoms with Gasteiger partial charge in [0.1, 0.15) is 23.8 Å². The zero-order chi connectivity index (χ0) is 23.3. The number of nitrogens with one attached hydrogen (secondary N) is 1. The van der Waals surface area contributed by atoms with Crippen molar-refractivity contribution in [1.29, 1.82) is 0 Å². The number of furan rings is 1. The SMILES string of the molecule is COc1ccccc1N(CC(=O)N/N=C\c1cc(Br)c(C)o1)S(=O)(=O)c1ccc(C)cc1. The number of halogens is 1. The van der Waals surface area contributed by atoms with Gasteiger partial charge in [0, 0.05) is 6.07 Å². The van der Waals surface area contributed by atoms with Gasteiger partial charge < -0.3 is 9.15 Å². The van der Waals surface area contributed by atoms with Crippen LogP contribution in [0.4, 0.5) is 5.69 Å². The summed E-state index contributed by atoms with van der Waals surface area (Å²) in [5, 5.41) is 3.86. The molecule has 0 aliphatic carbocycles. The maximum Gasteiger partial charge on any atom is 0.264 e. The summed E-state index contributed by atoms with van der Waals surface area (Å²) < 4.78 is 39.4. The van der Waals surface area contributed by atoms with Crippen LogP contribution >= 0.6 is 15.9 Å². The molecule has 32 heavy (non-hydrogen) atoms. The first-order valence-electron chi connectivity index (χ1n) is 9.52. The number of hydrogen-bond acceptors (Lipinski definition) is 6. The zero-order valence-corrected chi connectivity index (χ0v) is 20.1. The minimum absolute atomic E-state index is 0.0567. The average Bonchev–Trinajstić information content (AvgIpc) is 3.09. The van der Waals surface area contributed by atoms with Crippen LogP contribution in [0.3, 0.4) is 0 Å². The van der Waals surface area contributed by atoms with E-state index in [1.807, 2.05) is 6.92 Å². The van der Waals surface area contributed by atoms with E-state index in [0.717, 1.165) is 14.3 Å². The molecule has 8 nitrogen and oxygen atoms in total. The molecule has 1 amide bonds. The second kappa shape index (κ2) is 10.0. The van der Waals surface area contributed by atoms with Crippen LogP contribution in [0.15, 0.2) is 73.5 Å². The van der Waals surface area contributed by atoms with Crippen molar-refractivity contribution >= 4 is 43.8 Å². The number of ether oxygens (including phenoxy) is 1. The van der Waals surface area contributed by atoms with E-state index < -0.39 is 22.5 Å². The molecule has 1 aromatic heterocycles. The Bertz CT molecular complexity index is 1220. The zero-order valence-electron chi connectivity index (χ0n) is 17.7. The number of methoxy groups -OCH3 is 1. The lowest BCUT2D eigenvalue weighted by atomic mass is 10.2. The van der Waals surface area contributed by atoms with E-state index in [2.05, 4.69) is 26.5 Å². The highest BCUT2D eigenvalue weighted by Crippen LogP contribution is 2.32. The third-order valence-corrected chi connectivity index (χ3v) is 7.07. The van der Waals surface area contributed by atoms with Gasteiger partial charge in [-0.25, -0.2) is 13.8 Å². The molecule has 0 aliphatic rings. The lowest BCUT2D eigenvalue weighted by Gasteiger charge is -2.25. The molecule has 0 saturated heterocycles. The number of carbonyl (C=O) groups excluding carboxylic acids is 1. The van der Waals surface area contributed by atoms with E-state index >= 15 is 0 Å². The van der Waals surface area contributed by atoms with Gasteiger partial charge in [-0.05, 0) is 54.0 Å². The number of para-hydroxylation sites is 2. The van der Waals surface area contributed by atoms with Gasteiger partial charge in [0.05, 0.1) is 28.4 Å². The predicted octanol–water partition coefficient (Wildman–Crippen LogP) is 4.01. The fourth-order valence-electron chi connectivity index (χ4n) is 2.85. The lowest BCUT2D eigenvalue weighted by Crippen LogP contribution is -2.39. The van der Waals surface area contributed by atoms with Gasteiger partial charge in [-0.2, -0.15) is 5.10 Å². The van der Waals surface area contributed by atoms with Crippen LogP contribution in [0.1, 0.15) is 17.1 Å². The number of anilines is 1. The van der Waals surface area contributed by atoms with Crippen molar-refractivity contribution in [3.8, 4) is 5.75 Å². The highest BCUT2D eigenvalue weighted by molar-refractivity contribution is 9.10. The quantitative estimate of drug-likeness (QED) is 0.357. The Morgan fingerprint density at radius 1 is 1.19 bits per heavy atom. The summed E-state index contributed by atoms with van der Waals surface area (Å²) in [5.74, 6) is 0.786. The van der Waals surface area contributed by atoms with Gasteiger partial charge in [-0.1, -0.05) is 29.8 Å². The fourth-order valence-corrected chi connectivity index (χ4v) is 4.59. The molecule has 3 aromatic rings. The second-order valence-electron chi connectivity index (χ2n) is 6.84. The van der Waals surface area contributed by atoms with Crippen molar-refractivity contribution in [2.24, 2.45) is 5.10 Å². The lowest BCUT2D eigenvalue weighted by molar-refractivity contribution is -0.119. The molecule has 2 aromatic carbocycles. The van der Waals surface area contributed by atoms with Gasteiger partial charge in [-0.3, -0.25) is 9.10 Å². The molecule has 10 heteroatoms. The standard InChI is InChI=1S/C22H22BrN3O5S/c1-15-8-10-18(11-9-15)32(28,29)26(20-6-4-5-7-21(20)30-3)14-22(27)25-24-13-17-12-19(23)16(2)31-17/h4-13H,14H2,1-3H3,(H,25,27)/b24-13-. The summed E-state index contributed by atoms with van der Waals surface area (Å²) in [7, 11) is -2.63. The number of aryl methyl sites for hydroxylation is 2. The summed E-state index contributed by atoms with van der Waals surface area (Å²) in [6.07, 6.45) is 1.33. The third-order valence-electron chi connectivity index (χ3n) is 4.51. The number of nitrogens with zero attached hydrogens (tertiary/aromatic N) is 2. The molecule has 0 atom stereocenters. The van der Waals surface area contributed by atoms with Crippen molar-refractivity contribution in [2.75, 3.05) is 18.0 Å². The number of carbonyl (C=O) groups is 1. The van der Waals surface area contributed by atoms with Crippen LogP contribution in [-0.4, -0.2) is 34.2 Å². The smallest absolute Gasteiger partial charge is 0.264 e. The number of sulfonamides is 1. The number of hydrazone groups is 1. The molecule has 0 radical (unpaired) electrons. The summed E-state index contributed by atoms with van der Waals surface area (Å²) in [6, 6.07) is 14.7. The molecule has 168 valence electrons. The number of amides is 1. The van der Waals surface area contributed by atoms with Crippen LogP contribution in [0, 0.1) is 13.8 Å². The van der Waals surface area contributed by atoms with Crippen molar-refractivity contribution in [3.63, 3.8) is 0 Å². The van der Waals surface area contributed by atoms with Crippen LogP contribution in [0.25, 0.3) is 0 Å². The molecule has 1 heterocycles. The third kappa shape index (κ3) is 5.38. The van der Waals surface area contributed by atoms with Gasteiger partial charge in [0.15, 0.2) is 0 Å². The molecule has 0 bridgehead atoms. The van der Waals surface area contributed by atoms with Crippen LogP contribution < -0.4 is 14.5 Å². The highest BCUT2D eigenvalue weighted by atomic mass is 79.9. The van der Waals surface area contributed by atoms with Crippen LogP contribution in [-0.2, 0) is 14.8 Å². The largest absolute Gasteiger partial charge is 0.495 e. The van der Waals surface area contributed by atoms with Crippen molar-refractivity contribution < 1.29 is 22.4 Å². The van der Waals surface area contributed by atoms with Gasteiger partial charge in [0.2, 0.25) is 0 Å². The molecule has 0 aliphatic heterocycles. The van der Waals surface area contributed by atoms with Gasteiger partial charge in [0.25, 0.3) is 15.9 Å². The van der Waals surface area contributed by atoms with Crippen molar-refractivity contribution in [2.45, 2.75) is 18.7 Å². The minimum Gasteiger partial charge on any atom is -0.495 e. The number of benzene rings is 2. The first-order chi connectivity index (χ1) is 15.2. The Hall–Kier alpha value is -3.11. The van der Waals surface area contributed by atoms with Crippen LogP contribution in [0.5, 0.6) is 5.75 Å². The minimum atomic E-state index is -4.06. The van der Waals surface area contributed by atoms with Crippen molar-refractivity contribution in [3.05, 3.63) is 76.2 Å². The molecule has 1 N–H and O–H groups in total. The predicted molar refractivity (Wildman–Crippen MR) is 126 cm³/mol. The van der Waals surface area contributed by atoms with E-state index in [-0.39, 0.29) is 10.6 Å².